The molecular weight excluding hydrogens is 1210 g/mol. The molecule has 63 heavy (non-hydrogen) atoms. The van der Waals surface area contributed by atoms with Crippen molar-refractivity contribution in [2.75, 3.05) is 0 Å². The van der Waals surface area contributed by atoms with Crippen LogP contribution in [0.15, 0.2) is 0 Å². The molecule has 0 spiro atoms. The molecule has 0 aromatic rings. The fraction of sp³-hybridized carbons (Fsp3) is 0. The zero-order chi connectivity index (χ0) is 54.0. The minimum absolute atomic E-state index is 0. The van der Waals surface area contributed by atoms with E-state index in [0.29, 0.717) is 0 Å². The molecule has 0 atom stereocenters. The fourth-order valence-corrected chi connectivity index (χ4v) is 0. The molecule has 0 aliphatic carbocycles. The average molecular weight is 1250 g/mol. The summed E-state index contributed by atoms with van der Waals surface area (Å²) in [5, 5.41) is 0. The first-order valence-corrected chi connectivity index (χ1v) is 28.2. The minimum Gasteiger partial charge on any atom is -1.00 e. The van der Waals surface area contributed by atoms with E-state index in [-0.39, 0.29) is 93.0 Å². The van der Waals surface area contributed by atoms with Gasteiger partial charge >= 0.3 is 183 Å². The second-order valence-corrected chi connectivity index (χ2v) is 18.5. The van der Waals surface area contributed by atoms with Crippen LogP contribution in [0.4, 0.5) is 0 Å². The van der Waals surface area contributed by atoms with E-state index in [9.17, 15) is 0 Å². The van der Waals surface area contributed by atoms with E-state index in [1.54, 1.807) is 0 Å². The van der Waals surface area contributed by atoms with Crippen molar-refractivity contribution in [3.63, 3.8) is 0 Å². The maximum atomic E-state index is 8.88. The Kier molecular flexibility index (Phi) is 83.4. The summed E-state index contributed by atoms with van der Waals surface area (Å²) in [7, 11) is -55.7. The maximum absolute atomic E-state index is 8.88. The molecule has 0 fully saturated rings. The number of phosphoric acid groups is 12. The standard InChI is InChI=1S/3Na.12H3O4P.3H/c;;;12*1-5(2,3)4;;;/h;;;12*(H3,1,2,3,4);;;/q3*+1;;;;;;;;;;;;;3*-1. The smallest absolute Gasteiger partial charge is 1.00 e. The molecule has 0 saturated heterocycles. The Morgan fingerprint density at radius 3 is 0.127 bits per heavy atom. The van der Waals surface area contributed by atoms with Gasteiger partial charge in [-0.2, -0.15) is 0 Å². The number of hydrogen-bond donors (Lipinski definition) is 36. The van der Waals surface area contributed by atoms with Crippen molar-refractivity contribution >= 4 is 93.9 Å². The number of hydrogen-bond acceptors (Lipinski definition) is 12. The van der Waals surface area contributed by atoms with Crippen LogP contribution in [0.25, 0.3) is 0 Å². The Morgan fingerprint density at radius 2 is 0.127 bits per heavy atom. The molecule has 0 bridgehead atoms. The molecule has 0 amide bonds. The zero-order valence-corrected chi connectivity index (χ0v) is 46.1. The predicted octanol–water partition coefficient (Wildman–Crippen LogP) is -19.8. The Hall–Kier alpha value is 4.32. The summed E-state index contributed by atoms with van der Waals surface area (Å²) in [4.78, 5) is 259. The van der Waals surface area contributed by atoms with Crippen LogP contribution in [0.5, 0.6) is 0 Å². The van der Waals surface area contributed by atoms with Crippen LogP contribution >= 0.6 is 93.9 Å². The van der Waals surface area contributed by atoms with Gasteiger partial charge in [-0.05, 0) is 0 Å². The van der Waals surface area contributed by atoms with Gasteiger partial charge in [-0.3, -0.25) is 0 Å². The van der Waals surface area contributed by atoms with E-state index in [1.807, 2.05) is 0 Å². The molecule has 390 valence electrons. The topological polar surface area (TPSA) is 933 Å². The summed E-state index contributed by atoms with van der Waals surface area (Å²) in [6.45, 7) is 0. The Labute approximate surface area is 414 Å². The van der Waals surface area contributed by atoms with Gasteiger partial charge in [0.05, 0.1) is 0 Å². The van der Waals surface area contributed by atoms with Crippen molar-refractivity contribution in [1.29, 1.82) is 0 Å². The van der Waals surface area contributed by atoms with Crippen LogP contribution in [0.2, 0.25) is 0 Å². The van der Waals surface area contributed by atoms with Crippen molar-refractivity contribution in [3.05, 3.63) is 0 Å². The van der Waals surface area contributed by atoms with E-state index in [1.165, 1.54) is 0 Å². The molecule has 0 unspecified atom stereocenters. The third kappa shape index (κ3) is 14700. The van der Waals surface area contributed by atoms with Crippen LogP contribution in [-0.4, -0.2) is 176 Å². The van der Waals surface area contributed by atoms with Crippen LogP contribution < -0.4 is 88.7 Å². The van der Waals surface area contributed by atoms with Gasteiger partial charge in [0.2, 0.25) is 0 Å². The van der Waals surface area contributed by atoms with E-state index in [0.717, 1.165) is 0 Å². The molecule has 0 heterocycles. The summed E-state index contributed by atoms with van der Waals surface area (Å²) in [5.41, 5.74) is 0. The van der Waals surface area contributed by atoms with Crippen molar-refractivity contribution in [2.45, 2.75) is 0 Å². The maximum Gasteiger partial charge on any atom is 1.00 e. The minimum atomic E-state index is -4.64. The van der Waals surface area contributed by atoms with Gasteiger partial charge in [-0.25, -0.2) is 54.8 Å². The van der Waals surface area contributed by atoms with E-state index in [2.05, 4.69) is 0 Å². The largest absolute Gasteiger partial charge is 1.00 e. The Balaban J connectivity index is -0.0000000236. The van der Waals surface area contributed by atoms with Gasteiger partial charge in [0.25, 0.3) is 0 Å². The first-order chi connectivity index (χ1) is 24.0. The molecule has 0 radical (unpaired) electrons. The molecular formula is H39Na3O48P12. The van der Waals surface area contributed by atoms with Gasteiger partial charge in [0.1, 0.15) is 0 Å². The zero-order valence-electron chi connectivity index (χ0n) is 32.4. The van der Waals surface area contributed by atoms with E-state index in [4.69, 9.17) is 231 Å². The quantitative estimate of drug-likeness (QED) is 0.0791. The van der Waals surface area contributed by atoms with Crippen LogP contribution in [0.3, 0.4) is 0 Å². The van der Waals surface area contributed by atoms with Gasteiger partial charge < -0.3 is 180 Å². The van der Waals surface area contributed by atoms with Crippen molar-refractivity contribution < 1.29 is 324 Å². The third-order valence-electron chi connectivity index (χ3n) is 0. The molecule has 36 N–H and O–H groups in total. The summed E-state index contributed by atoms with van der Waals surface area (Å²) in [6.07, 6.45) is 0. The first-order valence-electron chi connectivity index (χ1n) is 9.39. The van der Waals surface area contributed by atoms with Gasteiger partial charge in [-0.1, -0.05) is 0 Å². The summed E-state index contributed by atoms with van der Waals surface area (Å²) >= 11 is 0. The predicted molar refractivity (Wildman–Crippen MR) is 174 cm³/mol. The third-order valence-corrected chi connectivity index (χ3v) is 0. The normalized spacial score (nSPS) is 11.2. The fourth-order valence-electron chi connectivity index (χ4n) is 0. The van der Waals surface area contributed by atoms with E-state index < -0.39 is 93.9 Å². The van der Waals surface area contributed by atoms with Crippen molar-refractivity contribution in [3.8, 4) is 0 Å². The Morgan fingerprint density at radius 1 is 0.127 bits per heavy atom. The summed E-state index contributed by atoms with van der Waals surface area (Å²) < 4.78 is 107. The first kappa shape index (κ1) is 108. The molecule has 0 rings (SSSR count). The molecule has 63 heteroatoms. The van der Waals surface area contributed by atoms with Crippen molar-refractivity contribution in [1.82, 2.24) is 0 Å². The molecule has 0 aliphatic rings. The number of rotatable bonds is 0. The van der Waals surface area contributed by atoms with Gasteiger partial charge in [0, 0.05) is 0 Å². The molecule has 0 aromatic carbocycles. The van der Waals surface area contributed by atoms with E-state index >= 15 is 0 Å². The SMILES string of the molecule is O=P(O)(O)O.O=P(O)(O)O.O=P(O)(O)O.O=P(O)(O)O.O=P(O)(O)O.O=P(O)(O)O.O=P(O)(O)O.O=P(O)(O)O.O=P(O)(O)O.O=P(O)(O)O.O=P(O)(O)O.O=P(O)(O)O.[H-].[H-].[H-].[Na+].[Na+].[Na+]. The van der Waals surface area contributed by atoms with Crippen LogP contribution in [0, 0.1) is 0 Å². The molecule has 0 aliphatic heterocycles. The summed E-state index contributed by atoms with van der Waals surface area (Å²) in [5.74, 6) is 0. The molecule has 0 saturated carbocycles. The van der Waals surface area contributed by atoms with Gasteiger partial charge in [-0.15, -0.1) is 0 Å². The average Bonchev–Trinajstić information content (AvgIpc) is 2.48. The van der Waals surface area contributed by atoms with Gasteiger partial charge in [0.15, 0.2) is 0 Å². The summed E-state index contributed by atoms with van der Waals surface area (Å²) in [6, 6.07) is 0. The Bertz CT molecular complexity index is 1060. The van der Waals surface area contributed by atoms with Crippen LogP contribution in [-0.2, 0) is 54.8 Å². The van der Waals surface area contributed by atoms with Crippen LogP contribution in [0.1, 0.15) is 4.28 Å². The second kappa shape index (κ2) is 48.6. The molecule has 0 aromatic heterocycles. The monoisotopic (exact) mass is 1250 g/mol. The van der Waals surface area contributed by atoms with Crippen molar-refractivity contribution in [2.24, 2.45) is 0 Å². The second-order valence-electron chi connectivity index (χ2n) is 6.16. The molecule has 48 nitrogen and oxygen atoms in total.